The van der Waals surface area contributed by atoms with Crippen molar-refractivity contribution in [2.45, 2.75) is 31.9 Å². The van der Waals surface area contributed by atoms with Crippen LogP contribution in [0.5, 0.6) is 5.75 Å². The second kappa shape index (κ2) is 7.55. The van der Waals surface area contributed by atoms with Gasteiger partial charge in [0.1, 0.15) is 5.75 Å². The zero-order chi connectivity index (χ0) is 17.7. The first-order valence-corrected chi connectivity index (χ1v) is 7.58. The molecule has 2 atom stereocenters. The summed E-state index contributed by atoms with van der Waals surface area (Å²) >= 11 is 0. The van der Waals surface area contributed by atoms with E-state index in [1.165, 1.54) is 24.3 Å². The maximum atomic E-state index is 12.8. The summed E-state index contributed by atoms with van der Waals surface area (Å²) in [7, 11) is 0. The highest BCUT2D eigenvalue weighted by atomic mass is 19.4. The molecule has 1 aromatic carbocycles. The normalized spacial score (nSPS) is 21.1. The monoisotopic (exact) mass is 345 g/mol. The van der Waals surface area contributed by atoms with E-state index in [2.05, 4.69) is 5.32 Å². The molecule has 1 saturated carbocycles. The van der Waals surface area contributed by atoms with Gasteiger partial charge in [-0.05, 0) is 43.5 Å². The maximum absolute atomic E-state index is 12.8. The molecule has 2 unspecified atom stereocenters. The summed E-state index contributed by atoms with van der Waals surface area (Å²) in [4.78, 5) is 22.5. The van der Waals surface area contributed by atoms with Crippen molar-refractivity contribution in [1.82, 2.24) is 0 Å². The first-order chi connectivity index (χ1) is 11.3. The standard InChI is InChI=1S/C16H18F3NO4/c17-16(18,19)11-3-1-2-10(8-11)15(23)20-12-4-6-13(7-5-12)24-9-14(21)22/h4-7,10-11H,1-3,8-9H2,(H,20,23)(H,21,22). The van der Waals surface area contributed by atoms with Gasteiger partial charge < -0.3 is 15.2 Å². The second-order valence-corrected chi connectivity index (χ2v) is 5.80. The van der Waals surface area contributed by atoms with Crippen LogP contribution in [0.1, 0.15) is 25.7 Å². The molecule has 132 valence electrons. The number of nitrogens with one attached hydrogen (secondary N) is 1. The Morgan fingerprint density at radius 3 is 2.46 bits per heavy atom. The van der Waals surface area contributed by atoms with Gasteiger partial charge in [0.2, 0.25) is 5.91 Å². The lowest BCUT2D eigenvalue weighted by molar-refractivity contribution is -0.185. The van der Waals surface area contributed by atoms with Crippen molar-refractivity contribution in [3.8, 4) is 5.75 Å². The minimum atomic E-state index is -4.26. The number of rotatable bonds is 5. The summed E-state index contributed by atoms with van der Waals surface area (Å²) < 4.78 is 43.3. The molecular formula is C16H18F3NO4. The maximum Gasteiger partial charge on any atom is 0.391 e. The smallest absolute Gasteiger partial charge is 0.391 e. The number of anilines is 1. The van der Waals surface area contributed by atoms with Crippen LogP contribution in [0.25, 0.3) is 0 Å². The lowest BCUT2D eigenvalue weighted by Gasteiger charge is -2.29. The van der Waals surface area contributed by atoms with Crippen LogP contribution < -0.4 is 10.1 Å². The molecular weight excluding hydrogens is 327 g/mol. The van der Waals surface area contributed by atoms with Gasteiger partial charge in [-0.2, -0.15) is 13.2 Å². The van der Waals surface area contributed by atoms with Gasteiger partial charge in [0.15, 0.2) is 6.61 Å². The minimum absolute atomic E-state index is 0.0723. The molecule has 0 aliphatic heterocycles. The van der Waals surface area contributed by atoms with Gasteiger partial charge in [-0.3, -0.25) is 4.79 Å². The average Bonchev–Trinajstić information content (AvgIpc) is 2.53. The van der Waals surface area contributed by atoms with Crippen molar-refractivity contribution >= 4 is 17.6 Å². The number of ether oxygens (including phenoxy) is 1. The summed E-state index contributed by atoms with van der Waals surface area (Å²) in [6.45, 7) is -0.480. The van der Waals surface area contributed by atoms with Crippen LogP contribution in [0.2, 0.25) is 0 Å². The van der Waals surface area contributed by atoms with E-state index < -0.39 is 36.5 Å². The van der Waals surface area contributed by atoms with Crippen LogP contribution in [0, 0.1) is 11.8 Å². The van der Waals surface area contributed by atoms with E-state index in [0.717, 1.165) is 0 Å². The molecule has 0 radical (unpaired) electrons. The van der Waals surface area contributed by atoms with Crippen LogP contribution in [0.3, 0.4) is 0 Å². The van der Waals surface area contributed by atoms with E-state index in [-0.39, 0.29) is 12.8 Å². The van der Waals surface area contributed by atoms with E-state index in [0.29, 0.717) is 24.3 Å². The highest BCUT2D eigenvalue weighted by Gasteiger charge is 2.43. The molecule has 1 aliphatic carbocycles. The number of benzene rings is 1. The van der Waals surface area contributed by atoms with E-state index in [1.807, 2.05) is 0 Å². The number of carbonyl (C=O) groups excluding carboxylic acids is 1. The predicted octanol–water partition coefficient (Wildman–Crippen LogP) is 3.46. The molecule has 0 saturated heterocycles. The van der Waals surface area contributed by atoms with Gasteiger partial charge >= 0.3 is 12.1 Å². The zero-order valence-electron chi connectivity index (χ0n) is 12.8. The number of aliphatic carboxylic acids is 1. The third-order valence-corrected chi connectivity index (χ3v) is 3.99. The summed E-state index contributed by atoms with van der Waals surface area (Å²) in [5, 5.41) is 11.1. The molecule has 8 heteroatoms. The molecule has 0 heterocycles. The molecule has 2 N–H and O–H groups in total. The Morgan fingerprint density at radius 1 is 1.21 bits per heavy atom. The van der Waals surface area contributed by atoms with E-state index in [4.69, 9.17) is 9.84 Å². The minimum Gasteiger partial charge on any atom is -0.482 e. The predicted molar refractivity (Wildman–Crippen MR) is 79.7 cm³/mol. The third-order valence-electron chi connectivity index (χ3n) is 3.99. The zero-order valence-corrected chi connectivity index (χ0v) is 12.8. The first-order valence-electron chi connectivity index (χ1n) is 7.58. The van der Waals surface area contributed by atoms with Crippen molar-refractivity contribution in [2.24, 2.45) is 11.8 Å². The lowest BCUT2D eigenvalue weighted by atomic mass is 9.80. The number of alkyl halides is 3. The third kappa shape index (κ3) is 5.14. The molecule has 1 amide bonds. The van der Waals surface area contributed by atoms with Crippen molar-refractivity contribution < 1.29 is 32.6 Å². The van der Waals surface area contributed by atoms with Crippen LogP contribution in [0.15, 0.2) is 24.3 Å². The summed E-state index contributed by atoms with van der Waals surface area (Å²) in [6.07, 6.45) is -3.55. The van der Waals surface area contributed by atoms with Gasteiger partial charge in [-0.15, -0.1) is 0 Å². The molecule has 5 nitrogen and oxygen atoms in total. The van der Waals surface area contributed by atoms with Crippen molar-refractivity contribution in [1.29, 1.82) is 0 Å². The summed E-state index contributed by atoms with van der Waals surface area (Å²) in [5.74, 6) is -3.29. The van der Waals surface area contributed by atoms with Crippen LogP contribution >= 0.6 is 0 Å². The molecule has 0 spiro atoms. The number of amides is 1. The Bertz CT molecular complexity index is 586. The van der Waals surface area contributed by atoms with E-state index in [1.54, 1.807) is 0 Å². The van der Waals surface area contributed by atoms with Gasteiger partial charge in [0.25, 0.3) is 0 Å². The topological polar surface area (TPSA) is 75.6 Å². The SMILES string of the molecule is O=C(O)COc1ccc(NC(=O)C2CCCC(C(F)(F)F)C2)cc1. The first kappa shape index (κ1) is 18.1. The Hall–Kier alpha value is -2.25. The molecule has 0 bridgehead atoms. The number of halogens is 3. The number of carboxylic acid groups (broad SMARTS) is 1. The lowest BCUT2D eigenvalue weighted by Crippen LogP contribution is -2.34. The Morgan fingerprint density at radius 2 is 1.88 bits per heavy atom. The Labute approximate surface area is 136 Å². The molecule has 1 aromatic rings. The van der Waals surface area contributed by atoms with E-state index >= 15 is 0 Å². The molecule has 1 fully saturated rings. The number of carboxylic acids is 1. The fourth-order valence-corrected chi connectivity index (χ4v) is 2.75. The highest BCUT2D eigenvalue weighted by molar-refractivity contribution is 5.92. The summed E-state index contributed by atoms with van der Waals surface area (Å²) in [6, 6.07) is 5.99. The average molecular weight is 345 g/mol. The van der Waals surface area contributed by atoms with Gasteiger partial charge in [-0.1, -0.05) is 6.42 Å². The van der Waals surface area contributed by atoms with Crippen molar-refractivity contribution in [3.63, 3.8) is 0 Å². The molecule has 1 aliphatic rings. The Balaban J connectivity index is 1.90. The van der Waals surface area contributed by atoms with Crippen molar-refractivity contribution in [3.05, 3.63) is 24.3 Å². The van der Waals surface area contributed by atoms with Gasteiger partial charge in [0, 0.05) is 11.6 Å². The molecule has 24 heavy (non-hydrogen) atoms. The number of carbonyl (C=O) groups is 2. The highest BCUT2D eigenvalue weighted by Crippen LogP contribution is 2.40. The van der Waals surface area contributed by atoms with E-state index in [9.17, 15) is 22.8 Å². The van der Waals surface area contributed by atoms with Crippen LogP contribution in [-0.4, -0.2) is 29.8 Å². The second-order valence-electron chi connectivity index (χ2n) is 5.80. The van der Waals surface area contributed by atoms with Crippen molar-refractivity contribution in [2.75, 3.05) is 11.9 Å². The fourth-order valence-electron chi connectivity index (χ4n) is 2.75. The van der Waals surface area contributed by atoms with Crippen LogP contribution in [0.4, 0.5) is 18.9 Å². The van der Waals surface area contributed by atoms with Crippen LogP contribution in [-0.2, 0) is 9.59 Å². The molecule has 0 aromatic heterocycles. The van der Waals surface area contributed by atoms with Gasteiger partial charge in [-0.25, -0.2) is 4.79 Å². The quantitative estimate of drug-likeness (QED) is 0.857. The molecule has 2 rings (SSSR count). The van der Waals surface area contributed by atoms with Gasteiger partial charge in [0.05, 0.1) is 5.92 Å². The number of hydrogen-bond acceptors (Lipinski definition) is 3. The summed E-state index contributed by atoms with van der Waals surface area (Å²) in [5.41, 5.74) is 0.428. The Kier molecular flexibility index (Phi) is 5.69. The fraction of sp³-hybridized carbons (Fsp3) is 0.500. The number of hydrogen-bond donors (Lipinski definition) is 2. The largest absolute Gasteiger partial charge is 0.482 e.